The number of hydrogen-bond donors (Lipinski definition) is 0. The van der Waals surface area contributed by atoms with Crippen LogP contribution in [0.1, 0.15) is 19.2 Å². The van der Waals surface area contributed by atoms with Crippen molar-refractivity contribution < 1.29 is 17.6 Å². The standard InChI is InChI=1S/C15H19N3O4S/c1-11-16-14-10-13(4-5-15(14)22-11)23(20,21)18-7-3-6-17(8-9-18)12(2)19/h4-5,10H,3,6-9H2,1-2H3. The third kappa shape index (κ3) is 3.09. The highest BCUT2D eigenvalue weighted by Crippen LogP contribution is 2.23. The summed E-state index contributed by atoms with van der Waals surface area (Å²) < 4.78 is 32.5. The average molecular weight is 337 g/mol. The van der Waals surface area contributed by atoms with Crippen molar-refractivity contribution in [1.82, 2.24) is 14.2 Å². The molecule has 0 saturated carbocycles. The Balaban J connectivity index is 1.88. The molecule has 1 amide bonds. The van der Waals surface area contributed by atoms with Gasteiger partial charge in [0.25, 0.3) is 0 Å². The summed E-state index contributed by atoms with van der Waals surface area (Å²) in [4.78, 5) is 17.5. The third-order valence-electron chi connectivity index (χ3n) is 4.00. The van der Waals surface area contributed by atoms with E-state index in [1.807, 2.05) is 0 Å². The molecule has 1 aromatic heterocycles. The molecular formula is C15H19N3O4S. The molecule has 0 spiro atoms. The second-order valence-corrected chi connectivity index (χ2v) is 7.56. The molecule has 2 heterocycles. The van der Waals surface area contributed by atoms with Crippen molar-refractivity contribution in [3.05, 3.63) is 24.1 Å². The van der Waals surface area contributed by atoms with E-state index >= 15 is 0 Å². The number of carbonyl (C=O) groups excluding carboxylic acids is 1. The van der Waals surface area contributed by atoms with Crippen molar-refractivity contribution in [2.24, 2.45) is 0 Å². The predicted molar refractivity (Wildman–Crippen MR) is 84.4 cm³/mol. The molecule has 2 aromatic rings. The van der Waals surface area contributed by atoms with Crippen molar-refractivity contribution in [2.45, 2.75) is 25.2 Å². The maximum atomic E-state index is 12.8. The van der Waals surface area contributed by atoms with Crippen LogP contribution in [0.4, 0.5) is 0 Å². The number of fused-ring (bicyclic) bond motifs is 1. The molecule has 1 aliphatic rings. The van der Waals surface area contributed by atoms with Gasteiger partial charge in [-0.2, -0.15) is 4.31 Å². The van der Waals surface area contributed by atoms with Gasteiger partial charge in [-0.3, -0.25) is 4.79 Å². The Labute approximate surface area is 134 Å². The van der Waals surface area contributed by atoms with Crippen LogP contribution >= 0.6 is 0 Å². The number of oxazole rings is 1. The van der Waals surface area contributed by atoms with E-state index in [-0.39, 0.29) is 10.8 Å². The zero-order valence-electron chi connectivity index (χ0n) is 13.2. The molecule has 0 atom stereocenters. The van der Waals surface area contributed by atoms with Gasteiger partial charge in [-0.25, -0.2) is 13.4 Å². The summed E-state index contributed by atoms with van der Waals surface area (Å²) in [6, 6.07) is 4.70. The van der Waals surface area contributed by atoms with Crippen LogP contribution in [0, 0.1) is 6.92 Å². The summed E-state index contributed by atoms with van der Waals surface area (Å²) in [6.45, 7) is 4.94. The number of hydrogen-bond acceptors (Lipinski definition) is 5. The fourth-order valence-corrected chi connectivity index (χ4v) is 4.27. The van der Waals surface area contributed by atoms with E-state index in [2.05, 4.69) is 4.98 Å². The van der Waals surface area contributed by atoms with Crippen molar-refractivity contribution in [3.63, 3.8) is 0 Å². The van der Waals surface area contributed by atoms with E-state index in [0.29, 0.717) is 49.6 Å². The van der Waals surface area contributed by atoms with E-state index in [1.54, 1.807) is 17.9 Å². The lowest BCUT2D eigenvalue weighted by Gasteiger charge is -2.21. The molecule has 1 fully saturated rings. The zero-order chi connectivity index (χ0) is 16.6. The van der Waals surface area contributed by atoms with Crippen molar-refractivity contribution in [1.29, 1.82) is 0 Å². The van der Waals surface area contributed by atoms with Gasteiger partial charge < -0.3 is 9.32 Å². The summed E-state index contributed by atoms with van der Waals surface area (Å²) in [6.07, 6.45) is 0.629. The molecule has 0 radical (unpaired) electrons. The van der Waals surface area contributed by atoms with Crippen LogP contribution in [0.15, 0.2) is 27.5 Å². The minimum Gasteiger partial charge on any atom is -0.441 e. The Morgan fingerprint density at radius 3 is 2.74 bits per heavy atom. The number of sulfonamides is 1. The topological polar surface area (TPSA) is 83.7 Å². The lowest BCUT2D eigenvalue weighted by Crippen LogP contribution is -2.36. The van der Waals surface area contributed by atoms with Gasteiger partial charge in [0.15, 0.2) is 11.5 Å². The van der Waals surface area contributed by atoms with Gasteiger partial charge in [0, 0.05) is 40.0 Å². The Bertz CT molecular complexity index is 844. The summed E-state index contributed by atoms with van der Waals surface area (Å²) >= 11 is 0. The molecule has 1 aromatic carbocycles. The number of nitrogens with zero attached hydrogens (tertiary/aromatic N) is 3. The van der Waals surface area contributed by atoms with Crippen molar-refractivity contribution >= 4 is 27.0 Å². The molecule has 1 saturated heterocycles. The first-order valence-corrected chi connectivity index (χ1v) is 8.95. The van der Waals surface area contributed by atoms with E-state index in [9.17, 15) is 13.2 Å². The quantitative estimate of drug-likeness (QED) is 0.826. The first-order chi connectivity index (χ1) is 10.9. The van der Waals surface area contributed by atoms with E-state index < -0.39 is 10.0 Å². The number of rotatable bonds is 2. The molecule has 1 aliphatic heterocycles. The molecule has 0 unspecified atom stereocenters. The van der Waals surface area contributed by atoms with Crippen LogP contribution in [-0.4, -0.2) is 54.7 Å². The van der Waals surface area contributed by atoms with Crippen LogP contribution in [-0.2, 0) is 14.8 Å². The van der Waals surface area contributed by atoms with Gasteiger partial charge in [-0.05, 0) is 24.6 Å². The lowest BCUT2D eigenvalue weighted by molar-refractivity contribution is -0.128. The molecule has 0 aliphatic carbocycles. The van der Waals surface area contributed by atoms with Gasteiger partial charge in [-0.15, -0.1) is 0 Å². The Kier molecular flexibility index (Phi) is 4.11. The fraction of sp³-hybridized carbons (Fsp3) is 0.467. The van der Waals surface area contributed by atoms with E-state index in [1.165, 1.54) is 23.4 Å². The van der Waals surface area contributed by atoms with Crippen LogP contribution in [0.25, 0.3) is 11.1 Å². The summed E-state index contributed by atoms with van der Waals surface area (Å²) in [5.74, 6) is 0.477. The Hall–Kier alpha value is -1.93. The summed E-state index contributed by atoms with van der Waals surface area (Å²) in [7, 11) is -3.60. The average Bonchev–Trinajstić information content (AvgIpc) is 2.71. The first-order valence-electron chi connectivity index (χ1n) is 7.51. The highest BCUT2D eigenvalue weighted by molar-refractivity contribution is 7.89. The molecular weight excluding hydrogens is 318 g/mol. The number of amides is 1. The van der Waals surface area contributed by atoms with Gasteiger partial charge in [-0.1, -0.05) is 0 Å². The molecule has 0 N–H and O–H groups in total. The minimum atomic E-state index is -3.60. The van der Waals surface area contributed by atoms with Crippen molar-refractivity contribution in [2.75, 3.05) is 26.2 Å². The lowest BCUT2D eigenvalue weighted by atomic mass is 10.3. The predicted octanol–water partition coefficient (Wildman–Crippen LogP) is 1.38. The van der Waals surface area contributed by atoms with Crippen molar-refractivity contribution in [3.8, 4) is 0 Å². The van der Waals surface area contributed by atoms with Gasteiger partial charge in [0.1, 0.15) is 5.52 Å². The molecule has 124 valence electrons. The summed E-state index contributed by atoms with van der Waals surface area (Å²) in [5.41, 5.74) is 1.10. The number of aryl methyl sites for hydroxylation is 1. The smallest absolute Gasteiger partial charge is 0.243 e. The monoisotopic (exact) mass is 337 g/mol. The van der Waals surface area contributed by atoms with Gasteiger partial charge >= 0.3 is 0 Å². The Morgan fingerprint density at radius 2 is 2.00 bits per heavy atom. The number of aromatic nitrogens is 1. The van der Waals surface area contributed by atoms with Crippen LogP contribution in [0.3, 0.4) is 0 Å². The second-order valence-electron chi connectivity index (χ2n) is 5.63. The highest BCUT2D eigenvalue weighted by Gasteiger charge is 2.28. The second kappa shape index (κ2) is 5.93. The SMILES string of the molecule is CC(=O)N1CCCN(S(=O)(=O)c2ccc3oc(C)nc3c2)CC1. The first kappa shape index (κ1) is 15.9. The molecule has 0 bridgehead atoms. The summed E-state index contributed by atoms with van der Waals surface area (Å²) in [5, 5.41) is 0. The minimum absolute atomic E-state index is 0.0243. The molecule has 23 heavy (non-hydrogen) atoms. The highest BCUT2D eigenvalue weighted by atomic mass is 32.2. The third-order valence-corrected chi connectivity index (χ3v) is 5.90. The van der Waals surface area contributed by atoms with Crippen LogP contribution in [0.2, 0.25) is 0 Å². The normalized spacial score (nSPS) is 17.4. The van der Waals surface area contributed by atoms with E-state index in [0.717, 1.165) is 0 Å². The maximum absolute atomic E-state index is 12.8. The van der Waals surface area contributed by atoms with Gasteiger partial charge in [0.2, 0.25) is 15.9 Å². The molecule has 3 rings (SSSR count). The van der Waals surface area contributed by atoms with Gasteiger partial charge in [0.05, 0.1) is 4.90 Å². The fourth-order valence-electron chi connectivity index (χ4n) is 2.78. The van der Waals surface area contributed by atoms with Crippen LogP contribution < -0.4 is 0 Å². The zero-order valence-corrected chi connectivity index (χ0v) is 14.0. The molecule has 7 nitrogen and oxygen atoms in total. The maximum Gasteiger partial charge on any atom is 0.243 e. The van der Waals surface area contributed by atoms with Crippen LogP contribution in [0.5, 0.6) is 0 Å². The van der Waals surface area contributed by atoms with E-state index in [4.69, 9.17) is 4.42 Å². The molecule has 8 heteroatoms. The number of carbonyl (C=O) groups is 1. The Morgan fingerprint density at radius 1 is 1.22 bits per heavy atom. The largest absolute Gasteiger partial charge is 0.441 e. The number of benzene rings is 1.